The van der Waals surface area contributed by atoms with E-state index in [0.717, 1.165) is 83.6 Å². The highest BCUT2D eigenvalue weighted by Gasteiger charge is 2.22. The third-order valence-corrected chi connectivity index (χ3v) is 8.60. The van der Waals surface area contributed by atoms with Gasteiger partial charge in [-0.3, -0.25) is 9.59 Å². The average Bonchev–Trinajstić information content (AvgIpc) is 3.63. The number of hydrogen-bond donors (Lipinski definition) is 4. The number of fused-ring (bicyclic) bond motifs is 8. The first-order valence-electron chi connectivity index (χ1n) is 14.3. The molecule has 0 saturated carbocycles. The standard InChI is InChI=1S/C35H36N4O4/c1-8-22-20(6)34-21(7)35-23(9-2)17(3)28(38-35)14-26-18(4)24(10-12-32(40)41)30(36-26)16-31-25(11-13-33(42)43)19(5)27(37-31)15-29(22)39-34/h8-9,14-16,37,39H,1-2,10-13H2,3-7H3,(H,40,41)(H,42,43). The molecule has 0 aliphatic carbocycles. The van der Waals surface area contributed by atoms with Crippen LogP contribution in [0.5, 0.6) is 0 Å². The van der Waals surface area contributed by atoms with Crippen molar-refractivity contribution in [1.82, 2.24) is 19.9 Å². The number of nitrogens with one attached hydrogen (secondary N) is 2. The first-order chi connectivity index (χ1) is 20.4. The summed E-state index contributed by atoms with van der Waals surface area (Å²) >= 11 is 0. The van der Waals surface area contributed by atoms with Crippen LogP contribution in [0.2, 0.25) is 0 Å². The topological polar surface area (TPSA) is 132 Å². The molecule has 43 heavy (non-hydrogen) atoms. The van der Waals surface area contributed by atoms with E-state index in [1.807, 2.05) is 58.0 Å². The molecule has 3 aromatic heterocycles. The van der Waals surface area contributed by atoms with E-state index >= 15 is 0 Å². The summed E-state index contributed by atoms with van der Waals surface area (Å²) in [5.74, 6) is -1.76. The third kappa shape index (κ3) is 5.25. The quantitative estimate of drug-likeness (QED) is 0.216. The molecule has 0 radical (unpaired) electrons. The zero-order chi connectivity index (χ0) is 31.2. The van der Waals surface area contributed by atoms with Crippen LogP contribution >= 0.6 is 0 Å². The van der Waals surface area contributed by atoms with Crippen molar-refractivity contribution in [3.63, 3.8) is 0 Å². The molecule has 5 heterocycles. The second-order valence-electron chi connectivity index (χ2n) is 11.1. The van der Waals surface area contributed by atoms with Crippen LogP contribution in [0.3, 0.4) is 0 Å². The molecule has 8 heteroatoms. The summed E-state index contributed by atoms with van der Waals surface area (Å²) in [6.45, 7) is 18.2. The van der Waals surface area contributed by atoms with Gasteiger partial charge in [0.2, 0.25) is 0 Å². The minimum atomic E-state index is -0.886. The summed E-state index contributed by atoms with van der Waals surface area (Å²) in [5, 5.41) is 19.0. The van der Waals surface area contributed by atoms with Crippen LogP contribution in [-0.2, 0) is 16.0 Å². The van der Waals surface area contributed by atoms with Gasteiger partial charge in [-0.25, -0.2) is 9.97 Å². The summed E-state index contributed by atoms with van der Waals surface area (Å²) in [5.41, 5.74) is 14.9. The van der Waals surface area contributed by atoms with Gasteiger partial charge in [0.1, 0.15) is 0 Å². The molecule has 8 bridgehead atoms. The molecule has 4 N–H and O–H groups in total. The van der Waals surface area contributed by atoms with Crippen LogP contribution in [0.15, 0.2) is 37.4 Å². The zero-order valence-electron chi connectivity index (χ0n) is 25.2. The van der Waals surface area contributed by atoms with Crippen molar-refractivity contribution in [2.24, 2.45) is 0 Å². The van der Waals surface area contributed by atoms with Crippen molar-refractivity contribution in [3.05, 3.63) is 88.0 Å². The van der Waals surface area contributed by atoms with Crippen molar-refractivity contribution >= 4 is 62.4 Å². The number of carboxylic acid groups (broad SMARTS) is 2. The normalized spacial score (nSPS) is 13.0. The summed E-state index contributed by atoms with van der Waals surface area (Å²) in [6.07, 6.45) is 4.26. The molecule has 0 amide bonds. The maximum Gasteiger partial charge on any atom is 0.303 e. The van der Waals surface area contributed by atoms with Crippen LogP contribution in [-0.4, -0.2) is 42.1 Å². The average molecular weight is 577 g/mol. The minimum absolute atomic E-state index is 0.0230. The fraction of sp³-hybridized carbons (Fsp3) is 0.257. The number of aryl methyl sites for hydroxylation is 4. The second-order valence-corrected chi connectivity index (χ2v) is 11.1. The van der Waals surface area contributed by atoms with Crippen molar-refractivity contribution in [1.29, 1.82) is 0 Å². The first-order valence-corrected chi connectivity index (χ1v) is 14.3. The maximum atomic E-state index is 11.6. The molecule has 3 aromatic rings. The maximum absolute atomic E-state index is 11.6. The van der Waals surface area contributed by atoms with Gasteiger partial charge in [0, 0.05) is 46.0 Å². The number of rotatable bonds is 8. The van der Waals surface area contributed by atoms with Crippen molar-refractivity contribution in [2.45, 2.75) is 60.3 Å². The largest absolute Gasteiger partial charge is 0.481 e. The lowest BCUT2D eigenvalue weighted by atomic mass is 9.99. The Morgan fingerprint density at radius 2 is 1.42 bits per heavy atom. The molecule has 2 aliphatic rings. The molecule has 8 nitrogen and oxygen atoms in total. The number of H-pyrrole nitrogens is 2. The number of aromatic amines is 2. The predicted molar refractivity (Wildman–Crippen MR) is 173 cm³/mol. The molecule has 5 rings (SSSR count). The van der Waals surface area contributed by atoms with Gasteiger partial charge >= 0.3 is 11.9 Å². The first kappa shape index (κ1) is 29.5. The van der Waals surface area contributed by atoms with Gasteiger partial charge in [-0.05, 0) is 105 Å². The molecule has 0 saturated heterocycles. The molecular weight excluding hydrogens is 540 g/mol. The van der Waals surface area contributed by atoms with Gasteiger partial charge < -0.3 is 20.2 Å². The number of carboxylic acids is 2. The Balaban J connectivity index is 1.98. The number of allylic oxidation sites excluding steroid dienone is 5. The molecule has 0 unspecified atom stereocenters. The molecule has 0 spiro atoms. The fourth-order valence-electron chi connectivity index (χ4n) is 6.11. The SMILES string of the molecule is C=CC1=C(C)c2cc3nc(cc4[nH]c(cc5[nH]c(c(C)c1n2)c(C)c5C=C)c(C)c4CCC(=O)O)C(CCC(=O)O)=C3C. The molecule has 0 atom stereocenters. The monoisotopic (exact) mass is 576 g/mol. The zero-order valence-corrected chi connectivity index (χ0v) is 25.2. The molecular formula is C35H36N4O4. The van der Waals surface area contributed by atoms with E-state index in [0.29, 0.717) is 24.2 Å². The van der Waals surface area contributed by atoms with Gasteiger partial charge in [-0.15, -0.1) is 0 Å². The summed E-state index contributed by atoms with van der Waals surface area (Å²) in [6, 6.07) is 5.90. The Hall–Kier alpha value is -4.98. The van der Waals surface area contributed by atoms with Gasteiger partial charge in [-0.2, -0.15) is 0 Å². The van der Waals surface area contributed by atoms with Crippen molar-refractivity contribution < 1.29 is 19.8 Å². The lowest BCUT2D eigenvalue weighted by molar-refractivity contribution is -0.137. The number of aromatic nitrogens is 4. The third-order valence-electron chi connectivity index (χ3n) is 8.60. The minimum Gasteiger partial charge on any atom is -0.481 e. The predicted octanol–water partition coefficient (Wildman–Crippen LogP) is 7.81. The van der Waals surface area contributed by atoms with E-state index < -0.39 is 11.9 Å². The highest BCUT2D eigenvalue weighted by atomic mass is 16.4. The molecule has 0 fully saturated rings. The van der Waals surface area contributed by atoms with Gasteiger partial charge in [0.05, 0.1) is 22.8 Å². The van der Waals surface area contributed by atoms with Crippen LogP contribution in [0.25, 0.3) is 50.4 Å². The lowest BCUT2D eigenvalue weighted by Gasteiger charge is -2.03. The number of carbonyl (C=O) groups is 2. The van der Waals surface area contributed by atoms with Crippen LogP contribution in [0.1, 0.15) is 83.7 Å². The highest BCUT2D eigenvalue weighted by Crippen LogP contribution is 2.38. The lowest BCUT2D eigenvalue weighted by Crippen LogP contribution is -1.98. The van der Waals surface area contributed by atoms with E-state index in [1.165, 1.54) is 0 Å². The Morgan fingerprint density at radius 1 is 0.744 bits per heavy atom. The van der Waals surface area contributed by atoms with E-state index in [-0.39, 0.29) is 12.8 Å². The van der Waals surface area contributed by atoms with Gasteiger partial charge in [-0.1, -0.05) is 25.3 Å². The van der Waals surface area contributed by atoms with Gasteiger partial charge in [0.25, 0.3) is 0 Å². The Labute approximate surface area is 250 Å². The van der Waals surface area contributed by atoms with Crippen LogP contribution in [0, 0.1) is 20.8 Å². The molecule has 220 valence electrons. The fourth-order valence-corrected chi connectivity index (χ4v) is 6.11. The number of hydrogen-bond acceptors (Lipinski definition) is 4. The summed E-state index contributed by atoms with van der Waals surface area (Å²) in [7, 11) is 0. The Morgan fingerprint density at radius 3 is 2.07 bits per heavy atom. The number of aliphatic carboxylic acids is 2. The van der Waals surface area contributed by atoms with Crippen molar-refractivity contribution in [3.8, 4) is 0 Å². The van der Waals surface area contributed by atoms with E-state index in [9.17, 15) is 19.8 Å². The highest BCUT2D eigenvalue weighted by molar-refractivity contribution is 5.99. The smallest absolute Gasteiger partial charge is 0.303 e. The Kier molecular flexibility index (Phi) is 7.80. The second kappa shape index (κ2) is 11.4. The van der Waals surface area contributed by atoms with Crippen LogP contribution < -0.4 is 0 Å². The van der Waals surface area contributed by atoms with Crippen molar-refractivity contribution in [2.75, 3.05) is 0 Å². The number of nitrogens with zero attached hydrogens (tertiary/aromatic N) is 2. The summed E-state index contributed by atoms with van der Waals surface area (Å²) < 4.78 is 0. The summed E-state index contributed by atoms with van der Waals surface area (Å²) in [4.78, 5) is 40.3. The van der Waals surface area contributed by atoms with E-state index in [4.69, 9.17) is 9.97 Å². The van der Waals surface area contributed by atoms with Crippen LogP contribution in [0.4, 0.5) is 0 Å². The molecule has 0 aromatic carbocycles. The van der Waals surface area contributed by atoms with E-state index in [2.05, 4.69) is 30.0 Å². The Bertz CT molecular complexity index is 1970. The molecule has 2 aliphatic heterocycles. The van der Waals surface area contributed by atoms with E-state index in [1.54, 1.807) is 0 Å². The van der Waals surface area contributed by atoms with Gasteiger partial charge in [0.15, 0.2) is 0 Å².